The van der Waals surface area contributed by atoms with Gasteiger partial charge in [-0.15, -0.1) is 0 Å². The van der Waals surface area contributed by atoms with Crippen LogP contribution in [0.4, 0.5) is 0 Å². The van der Waals surface area contributed by atoms with Crippen molar-refractivity contribution < 1.29 is 4.79 Å². The average molecular weight is 293 g/mol. The van der Waals surface area contributed by atoms with Crippen molar-refractivity contribution in [3.8, 4) is 0 Å². The molecule has 2 aromatic rings. The van der Waals surface area contributed by atoms with Crippen LogP contribution in [0.25, 0.3) is 0 Å². The molecule has 0 unspecified atom stereocenters. The van der Waals surface area contributed by atoms with Crippen molar-refractivity contribution in [2.24, 2.45) is 5.92 Å². The van der Waals surface area contributed by atoms with Crippen molar-refractivity contribution >= 4 is 5.91 Å². The lowest BCUT2D eigenvalue weighted by molar-refractivity contribution is 0.0690. The third kappa shape index (κ3) is 3.56. The molecule has 1 heterocycles. The van der Waals surface area contributed by atoms with Crippen LogP contribution in [-0.2, 0) is 6.42 Å². The first kappa shape index (κ1) is 14.8. The van der Waals surface area contributed by atoms with Gasteiger partial charge in [-0.3, -0.25) is 4.79 Å². The van der Waals surface area contributed by atoms with E-state index in [0.29, 0.717) is 5.92 Å². The number of hydrogen-bond donors (Lipinski definition) is 0. The van der Waals surface area contributed by atoms with Crippen LogP contribution in [0.15, 0.2) is 54.6 Å². The molecule has 0 spiro atoms. The summed E-state index contributed by atoms with van der Waals surface area (Å²) in [7, 11) is 0. The van der Waals surface area contributed by atoms with E-state index >= 15 is 0 Å². The Balaban J connectivity index is 1.56. The molecule has 3 rings (SSSR count). The number of benzene rings is 2. The molecular weight excluding hydrogens is 270 g/mol. The molecule has 1 fully saturated rings. The Kier molecular flexibility index (Phi) is 4.57. The van der Waals surface area contributed by atoms with Crippen LogP contribution >= 0.6 is 0 Å². The molecule has 0 aromatic heterocycles. The van der Waals surface area contributed by atoms with Crippen LogP contribution in [0, 0.1) is 12.8 Å². The predicted molar refractivity (Wildman–Crippen MR) is 90.0 cm³/mol. The van der Waals surface area contributed by atoms with E-state index in [1.54, 1.807) is 0 Å². The first-order chi connectivity index (χ1) is 10.7. The molecule has 0 saturated carbocycles. The van der Waals surface area contributed by atoms with Gasteiger partial charge < -0.3 is 4.90 Å². The molecule has 1 aliphatic heterocycles. The van der Waals surface area contributed by atoms with Crippen LogP contribution in [0.3, 0.4) is 0 Å². The standard InChI is InChI=1S/C20H23NO/c1-16-6-5-9-19(14-16)20(22)21-12-10-18(11-13-21)15-17-7-3-2-4-8-17/h2-9,14,18H,10-13,15H2,1H3. The minimum Gasteiger partial charge on any atom is -0.339 e. The fraction of sp³-hybridized carbons (Fsp3) is 0.350. The Morgan fingerprint density at radius 2 is 1.77 bits per heavy atom. The number of amides is 1. The summed E-state index contributed by atoms with van der Waals surface area (Å²) in [6.07, 6.45) is 3.34. The lowest BCUT2D eigenvalue weighted by atomic mass is 9.90. The first-order valence-electron chi connectivity index (χ1n) is 8.12. The largest absolute Gasteiger partial charge is 0.339 e. The molecule has 2 heteroatoms. The molecule has 0 bridgehead atoms. The van der Waals surface area contributed by atoms with Crippen molar-refractivity contribution in [1.82, 2.24) is 4.90 Å². The lowest BCUT2D eigenvalue weighted by Crippen LogP contribution is -2.38. The zero-order valence-corrected chi connectivity index (χ0v) is 13.2. The molecule has 114 valence electrons. The van der Waals surface area contributed by atoms with Crippen molar-refractivity contribution in [3.63, 3.8) is 0 Å². The third-order valence-electron chi connectivity index (χ3n) is 4.53. The van der Waals surface area contributed by atoms with Gasteiger partial charge in [-0.2, -0.15) is 0 Å². The maximum Gasteiger partial charge on any atom is 0.253 e. The fourth-order valence-electron chi connectivity index (χ4n) is 3.25. The van der Waals surface area contributed by atoms with E-state index in [0.717, 1.165) is 43.5 Å². The predicted octanol–water partition coefficient (Wildman–Crippen LogP) is 4.09. The summed E-state index contributed by atoms with van der Waals surface area (Å²) < 4.78 is 0. The van der Waals surface area contributed by atoms with E-state index in [-0.39, 0.29) is 5.91 Å². The lowest BCUT2D eigenvalue weighted by Gasteiger charge is -2.32. The van der Waals surface area contributed by atoms with Gasteiger partial charge in [0.15, 0.2) is 0 Å². The fourth-order valence-corrected chi connectivity index (χ4v) is 3.25. The van der Waals surface area contributed by atoms with Gasteiger partial charge in [0.05, 0.1) is 0 Å². The highest BCUT2D eigenvalue weighted by atomic mass is 16.2. The van der Waals surface area contributed by atoms with Gasteiger partial charge in [-0.25, -0.2) is 0 Å². The normalized spacial score (nSPS) is 15.8. The highest BCUT2D eigenvalue weighted by Gasteiger charge is 2.23. The van der Waals surface area contributed by atoms with Crippen LogP contribution in [-0.4, -0.2) is 23.9 Å². The second-order valence-corrected chi connectivity index (χ2v) is 6.29. The monoisotopic (exact) mass is 293 g/mol. The van der Waals surface area contributed by atoms with Crippen LogP contribution < -0.4 is 0 Å². The Morgan fingerprint density at radius 1 is 1.05 bits per heavy atom. The van der Waals surface area contributed by atoms with E-state index in [1.165, 1.54) is 5.56 Å². The van der Waals surface area contributed by atoms with Gasteiger partial charge >= 0.3 is 0 Å². The van der Waals surface area contributed by atoms with Crippen LogP contribution in [0.5, 0.6) is 0 Å². The minimum absolute atomic E-state index is 0.182. The zero-order chi connectivity index (χ0) is 15.4. The van der Waals surface area contributed by atoms with Crippen molar-refractivity contribution in [3.05, 3.63) is 71.3 Å². The summed E-state index contributed by atoms with van der Waals surface area (Å²) in [4.78, 5) is 14.6. The molecule has 0 aliphatic carbocycles. The summed E-state index contributed by atoms with van der Waals surface area (Å²) in [6.45, 7) is 3.79. The van der Waals surface area contributed by atoms with Gasteiger partial charge in [0.25, 0.3) is 5.91 Å². The molecule has 1 saturated heterocycles. The second kappa shape index (κ2) is 6.78. The smallest absolute Gasteiger partial charge is 0.253 e. The number of piperidine rings is 1. The number of hydrogen-bond acceptors (Lipinski definition) is 1. The topological polar surface area (TPSA) is 20.3 Å². The quantitative estimate of drug-likeness (QED) is 0.834. The Morgan fingerprint density at radius 3 is 2.45 bits per heavy atom. The molecule has 2 nitrogen and oxygen atoms in total. The summed E-state index contributed by atoms with van der Waals surface area (Å²) in [6, 6.07) is 18.6. The number of carbonyl (C=O) groups excluding carboxylic acids is 1. The van der Waals surface area contributed by atoms with Gasteiger partial charge in [0.2, 0.25) is 0 Å². The Labute approximate surface area is 132 Å². The van der Waals surface area contributed by atoms with Crippen LogP contribution in [0.2, 0.25) is 0 Å². The van der Waals surface area contributed by atoms with Crippen molar-refractivity contribution in [1.29, 1.82) is 0 Å². The molecule has 0 N–H and O–H groups in total. The van der Waals surface area contributed by atoms with E-state index < -0.39 is 0 Å². The van der Waals surface area contributed by atoms with Gasteiger partial charge in [-0.1, -0.05) is 48.0 Å². The highest BCUT2D eigenvalue weighted by Crippen LogP contribution is 2.23. The molecule has 1 amide bonds. The molecule has 2 aromatic carbocycles. The molecule has 0 atom stereocenters. The minimum atomic E-state index is 0.182. The summed E-state index contributed by atoms with van der Waals surface area (Å²) in [5.41, 5.74) is 3.37. The molecular formula is C20H23NO. The number of nitrogens with zero attached hydrogens (tertiary/aromatic N) is 1. The summed E-state index contributed by atoms with van der Waals surface area (Å²) >= 11 is 0. The maximum absolute atomic E-state index is 12.5. The Hall–Kier alpha value is -2.09. The number of likely N-dealkylation sites (tertiary alicyclic amines) is 1. The van der Waals surface area contributed by atoms with Gasteiger partial charge in [0, 0.05) is 18.7 Å². The zero-order valence-electron chi connectivity index (χ0n) is 13.2. The number of aryl methyl sites for hydroxylation is 1. The van der Waals surface area contributed by atoms with Crippen LogP contribution in [0.1, 0.15) is 34.3 Å². The van der Waals surface area contributed by atoms with Crippen molar-refractivity contribution in [2.45, 2.75) is 26.2 Å². The van der Waals surface area contributed by atoms with E-state index in [9.17, 15) is 4.79 Å². The third-order valence-corrected chi connectivity index (χ3v) is 4.53. The summed E-state index contributed by atoms with van der Waals surface area (Å²) in [5, 5.41) is 0. The highest BCUT2D eigenvalue weighted by molar-refractivity contribution is 5.94. The Bertz CT molecular complexity index is 627. The average Bonchev–Trinajstić information content (AvgIpc) is 2.56. The van der Waals surface area contributed by atoms with Gasteiger partial charge in [0.1, 0.15) is 0 Å². The summed E-state index contributed by atoms with van der Waals surface area (Å²) in [5.74, 6) is 0.880. The van der Waals surface area contributed by atoms with Crippen molar-refractivity contribution in [2.75, 3.05) is 13.1 Å². The number of rotatable bonds is 3. The van der Waals surface area contributed by atoms with E-state index in [1.807, 2.05) is 36.1 Å². The number of carbonyl (C=O) groups is 1. The molecule has 0 radical (unpaired) electrons. The second-order valence-electron chi connectivity index (χ2n) is 6.29. The maximum atomic E-state index is 12.5. The molecule has 22 heavy (non-hydrogen) atoms. The SMILES string of the molecule is Cc1cccc(C(=O)N2CCC(Cc3ccccc3)CC2)c1. The van der Waals surface area contributed by atoms with E-state index in [4.69, 9.17) is 0 Å². The molecule has 1 aliphatic rings. The first-order valence-corrected chi connectivity index (χ1v) is 8.12. The van der Waals surface area contributed by atoms with Gasteiger partial charge in [-0.05, 0) is 49.8 Å². The van der Waals surface area contributed by atoms with E-state index in [2.05, 4.69) is 30.3 Å².